The maximum Gasteiger partial charge on any atom is 0.0658 e. The van der Waals surface area contributed by atoms with Crippen molar-refractivity contribution >= 4 is 23.0 Å². The van der Waals surface area contributed by atoms with Gasteiger partial charge in [0.05, 0.1) is 10.7 Å². The van der Waals surface area contributed by atoms with E-state index in [0.29, 0.717) is 22.7 Å². The number of benzene rings is 1. The Balaban J connectivity index is 2.05. The van der Waals surface area contributed by atoms with E-state index in [-0.39, 0.29) is 0 Å². The van der Waals surface area contributed by atoms with Crippen LogP contribution in [0.2, 0.25) is 5.02 Å². The summed E-state index contributed by atoms with van der Waals surface area (Å²) in [4.78, 5) is 2.37. The largest absolute Gasteiger partial charge is 0.399 e. The molecule has 1 aliphatic heterocycles. The second-order valence-corrected chi connectivity index (χ2v) is 5.43. The highest BCUT2D eigenvalue weighted by Crippen LogP contribution is 2.27. The van der Waals surface area contributed by atoms with Gasteiger partial charge in [-0.15, -0.1) is 0 Å². The zero-order chi connectivity index (χ0) is 12.4. The molecule has 94 valence electrons. The summed E-state index contributed by atoms with van der Waals surface area (Å²) in [5.41, 5.74) is 7.38. The van der Waals surface area contributed by atoms with Crippen LogP contribution in [0.15, 0.2) is 18.2 Å². The summed E-state index contributed by atoms with van der Waals surface area (Å²) in [6.45, 7) is 4.54. The zero-order valence-electron chi connectivity index (χ0n) is 10.4. The van der Waals surface area contributed by atoms with Gasteiger partial charge in [-0.25, -0.2) is 0 Å². The Morgan fingerprint density at radius 2 is 2.24 bits per heavy atom. The van der Waals surface area contributed by atoms with Gasteiger partial charge in [-0.05, 0) is 44.1 Å². The molecule has 1 aliphatic rings. The average Bonchev–Trinajstić information content (AvgIpc) is 2.25. The van der Waals surface area contributed by atoms with Gasteiger partial charge in [-0.3, -0.25) is 0 Å². The van der Waals surface area contributed by atoms with E-state index in [1.165, 1.54) is 0 Å². The number of piperidine rings is 1. The Morgan fingerprint density at radius 3 is 2.88 bits per heavy atom. The van der Waals surface area contributed by atoms with E-state index in [0.717, 1.165) is 25.2 Å². The van der Waals surface area contributed by atoms with Crippen molar-refractivity contribution < 1.29 is 0 Å². The van der Waals surface area contributed by atoms with E-state index in [1.54, 1.807) is 6.07 Å². The molecule has 3 N–H and O–H groups in total. The lowest BCUT2D eigenvalue weighted by atomic mass is 9.94. The summed E-state index contributed by atoms with van der Waals surface area (Å²) in [6.07, 6.45) is 1.15. The second kappa shape index (κ2) is 5.15. The molecule has 17 heavy (non-hydrogen) atoms. The van der Waals surface area contributed by atoms with Crippen LogP contribution in [0, 0.1) is 5.92 Å². The van der Waals surface area contributed by atoms with E-state index < -0.39 is 0 Å². The van der Waals surface area contributed by atoms with Gasteiger partial charge >= 0.3 is 0 Å². The number of halogens is 1. The number of anilines is 2. The van der Waals surface area contributed by atoms with Gasteiger partial charge in [0.2, 0.25) is 0 Å². The van der Waals surface area contributed by atoms with Gasteiger partial charge < -0.3 is 16.0 Å². The first-order valence-electron chi connectivity index (χ1n) is 6.06. The molecule has 0 aromatic heterocycles. The minimum atomic E-state index is 0.493. The summed E-state index contributed by atoms with van der Waals surface area (Å²) >= 11 is 6.17. The standard InChI is InChI=1S/C13H20ClN3/c1-9-8-17(2)6-5-12(9)16-13-4-3-10(15)7-11(13)14/h3-4,7,9,12,16H,5-6,8,15H2,1-2H3. The Morgan fingerprint density at radius 1 is 1.47 bits per heavy atom. The SMILES string of the molecule is CC1CN(C)CCC1Nc1ccc(N)cc1Cl. The van der Waals surface area contributed by atoms with Crippen molar-refractivity contribution in [1.29, 1.82) is 0 Å². The van der Waals surface area contributed by atoms with E-state index >= 15 is 0 Å². The summed E-state index contributed by atoms with van der Waals surface area (Å²) in [5.74, 6) is 0.627. The first kappa shape index (κ1) is 12.5. The molecule has 1 heterocycles. The van der Waals surface area contributed by atoms with E-state index in [1.807, 2.05) is 12.1 Å². The second-order valence-electron chi connectivity index (χ2n) is 5.02. The molecule has 0 saturated carbocycles. The molecule has 0 amide bonds. The molecule has 0 spiro atoms. The number of nitrogens with one attached hydrogen (secondary N) is 1. The first-order chi connectivity index (χ1) is 8.06. The normalized spacial score (nSPS) is 25.8. The van der Waals surface area contributed by atoms with Gasteiger partial charge in [0.25, 0.3) is 0 Å². The summed E-state index contributed by atoms with van der Waals surface area (Å²) < 4.78 is 0. The third-order valence-corrected chi connectivity index (χ3v) is 3.76. The van der Waals surface area contributed by atoms with Gasteiger partial charge in [-0.1, -0.05) is 18.5 Å². The third kappa shape index (κ3) is 3.05. The monoisotopic (exact) mass is 253 g/mol. The number of hydrogen-bond donors (Lipinski definition) is 2. The van der Waals surface area contributed by atoms with Crippen LogP contribution in [0.4, 0.5) is 11.4 Å². The maximum absolute atomic E-state index is 6.17. The minimum absolute atomic E-state index is 0.493. The van der Waals surface area contributed by atoms with Crippen LogP contribution in [0.5, 0.6) is 0 Å². The highest BCUT2D eigenvalue weighted by Gasteiger charge is 2.24. The summed E-state index contributed by atoms with van der Waals surface area (Å²) in [7, 11) is 2.17. The van der Waals surface area contributed by atoms with E-state index in [2.05, 4.69) is 24.2 Å². The van der Waals surface area contributed by atoms with Crippen LogP contribution >= 0.6 is 11.6 Å². The molecule has 2 atom stereocenters. The molecule has 2 unspecified atom stereocenters. The molecule has 3 nitrogen and oxygen atoms in total. The lowest BCUT2D eigenvalue weighted by Crippen LogP contribution is -2.43. The van der Waals surface area contributed by atoms with Crippen LogP contribution in [-0.4, -0.2) is 31.1 Å². The van der Waals surface area contributed by atoms with Gasteiger partial charge in [0.15, 0.2) is 0 Å². The van der Waals surface area contributed by atoms with Gasteiger partial charge in [0, 0.05) is 18.3 Å². The van der Waals surface area contributed by atoms with Crippen molar-refractivity contribution in [3.8, 4) is 0 Å². The Bertz CT molecular complexity index is 394. The fourth-order valence-electron chi connectivity index (χ4n) is 2.42. The van der Waals surface area contributed by atoms with Crippen molar-refractivity contribution in [2.24, 2.45) is 5.92 Å². The number of nitrogens with two attached hydrogens (primary N) is 1. The minimum Gasteiger partial charge on any atom is -0.399 e. The number of hydrogen-bond acceptors (Lipinski definition) is 3. The Labute approximate surface area is 108 Å². The van der Waals surface area contributed by atoms with E-state index in [4.69, 9.17) is 17.3 Å². The zero-order valence-corrected chi connectivity index (χ0v) is 11.2. The highest BCUT2D eigenvalue weighted by atomic mass is 35.5. The number of nitrogens with zero attached hydrogens (tertiary/aromatic N) is 1. The van der Waals surface area contributed by atoms with Crippen LogP contribution in [-0.2, 0) is 0 Å². The van der Waals surface area contributed by atoms with Crippen molar-refractivity contribution in [2.75, 3.05) is 31.2 Å². The first-order valence-corrected chi connectivity index (χ1v) is 6.44. The molecule has 0 radical (unpaired) electrons. The maximum atomic E-state index is 6.17. The van der Waals surface area contributed by atoms with Gasteiger partial charge in [0.1, 0.15) is 0 Å². The quantitative estimate of drug-likeness (QED) is 0.797. The van der Waals surface area contributed by atoms with Crippen LogP contribution in [0.1, 0.15) is 13.3 Å². The highest BCUT2D eigenvalue weighted by molar-refractivity contribution is 6.33. The lowest BCUT2D eigenvalue weighted by Gasteiger charge is -2.36. The van der Waals surface area contributed by atoms with Crippen LogP contribution < -0.4 is 11.1 Å². The predicted molar refractivity (Wildman–Crippen MR) is 74.6 cm³/mol. The molecule has 2 rings (SSSR count). The molecule has 1 aromatic carbocycles. The van der Waals surface area contributed by atoms with E-state index in [9.17, 15) is 0 Å². The van der Waals surface area contributed by atoms with Crippen molar-refractivity contribution in [3.05, 3.63) is 23.2 Å². The fourth-order valence-corrected chi connectivity index (χ4v) is 2.66. The molecule has 1 aromatic rings. The molecular weight excluding hydrogens is 234 g/mol. The molecule has 0 bridgehead atoms. The van der Waals surface area contributed by atoms with Crippen LogP contribution in [0.3, 0.4) is 0 Å². The topological polar surface area (TPSA) is 41.3 Å². The van der Waals surface area contributed by atoms with Crippen LogP contribution in [0.25, 0.3) is 0 Å². The number of likely N-dealkylation sites (tertiary alicyclic amines) is 1. The Hall–Kier alpha value is -0.930. The summed E-state index contributed by atoms with van der Waals surface area (Å²) in [6, 6.07) is 6.13. The van der Waals surface area contributed by atoms with Crippen molar-refractivity contribution in [2.45, 2.75) is 19.4 Å². The number of nitrogen functional groups attached to an aromatic ring is 1. The van der Waals surface area contributed by atoms with Crippen molar-refractivity contribution in [1.82, 2.24) is 4.90 Å². The molecule has 1 fully saturated rings. The smallest absolute Gasteiger partial charge is 0.0658 e. The average molecular weight is 254 g/mol. The fraction of sp³-hybridized carbons (Fsp3) is 0.538. The third-order valence-electron chi connectivity index (χ3n) is 3.44. The molecule has 1 saturated heterocycles. The number of rotatable bonds is 2. The summed E-state index contributed by atoms with van der Waals surface area (Å²) in [5, 5.41) is 4.24. The molecular formula is C13H20ClN3. The molecule has 0 aliphatic carbocycles. The Kier molecular flexibility index (Phi) is 3.79. The molecule has 4 heteroatoms. The predicted octanol–water partition coefficient (Wildman–Crippen LogP) is 2.67. The van der Waals surface area contributed by atoms with Gasteiger partial charge in [-0.2, -0.15) is 0 Å². The van der Waals surface area contributed by atoms with Crippen molar-refractivity contribution in [3.63, 3.8) is 0 Å². The lowest BCUT2D eigenvalue weighted by molar-refractivity contribution is 0.206.